The van der Waals surface area contributed by atoms with E-state index in [1.54, 1.807) is 54.6 Å². The minimum absolute atomic E-state index is 0.327. The van der Waals surface area contributed by atoms with Crippen molar-refractivity contribution in [2.75, 3.05) is 0 Å². The molecule has 0 aliphatic heterocycles. The van der Waals surface area contributed by atoms with Crippen LogP contribution >= 0.6 is 0 Å². The Morgan fingerprint density at radius 1 is 0.964 bits per heavy atom. The summed E-state index contributed by atoms with van der Waals surface area (Å²) in [5, 5.41) is 0.543. The summed E-state index contributed by atoms with van der Waals surface area (Å²) in [7, 11) is 0. The van der Waals surface area contributed by atoms with Crippen LogP contribution in [0, 0.1) is 0 Å². The number of carbonyl (C=O) groups excluding carboxylic acids is 3. The number of nitrogens with one attached hydrogen (secondary N) is 2. The van der Waals surface area contributed by atoms with E-state index in [4.69, 9.17) is 9.15 Å². The standard InChI is InChI=1S/C20H16N2O6/c1-12(17(23)21-22-18(24)13-7-3-2-4-8-13)27-19(25)15-11-14-9-5-6-10-16(14)28-20(15)26/h2-12H,1H3,(H,21,23)(H,22,24)/t12-/m0/s1. The van der Waals surface area contributed by atoms with Gasteiger partial charge >= 0.3 is 11.6 Å². The molecule has 8 heteroatoms. The van der Waals surface area contributed by atoms with Crippen LogP contribution in [0.1, 0.15) is 27.6 Å². The number of para-hydroxylation sites is 1. The quantitative estimate of drug-likeness (QED) is 0.405. The topological polar surface area (TPSA) is 115 Å². The highest BCUT2D eigenvalue weighted by atomic mass is 16.5. The van der Waals surface area contributed by atoms with Crippen LogP contribution in [0.5, 0.6) is 0 Å². The van der Waals surface area contributed by atoms with Crippen molar-refractivity contribution in [3.8, 4) is 0 Å². The number of hydrazine groups is 1. The van der Waals surface area contributed by atoms with Crippen LogP contribution < -0.4 is 16.5 Å². The van der Waals surface area contributed by atoms with Gasteiger partial charge in [-0.1, -0.05) is 36.4 Å². The molecule has 0 aliphatic rings. The Bertz CT molecular complexity index is 1090. The molecule has 1 heterocycles. The Labute approximate surface area is 159 Å². The number of hydrogen-bond donors (Lipinski definition) is 2. The van der Waals surface area contributed by atoms with Gasteiger partial charge in [0.1, 0.15) is 11.1 Å². The summed E-state index contributed by atoms with van der Waals surface area (Å²) in [6, 6.07) is 16.3. The molecule has 0 fully saturated rings. The molecule has 2 aromatic carbocycles. The smallest absolute Gasteiger partial charge is 0.351 e. The first-order chi connectivity index (χ1) is 13.5. The van der Waals surface area contributed by atoms with Gasteiger partial charge in [0.05, 0.1) is 0 Å². The van der Waals surface area contributed by atoms with Gasteiger partial charge in [-0.3, -0.25) is 20.4 Å². The monoisotopic (exact) mass is 380 g/mol. The van der Waals surface area contributed by atoms with Crippen LogP contribution in [0.25, 0.3) is 11.0 Å². The lowest BCUT2D eigenvalue weighted by Gasteiger charge is -2.14. The summed E-state index contributed by atoms with van der Waals surface area (Å²) in [4.78, 5) is 48.1. The number of esters is 1. The summed E-state index contributed by atoms with van der Waals surface area (Å²) < 4.78 is 10.1. The highest BCUT2D eigenvalue weighted by Crippen LogP contribution is 2.13. The molecule has 2 amide bonds. The molecule has 3 aromatic rings. The molecule has 142 valence electrons. The number of benzene rings is 2. The van der Waals surface area contributed by atoms with Crippen LogP contribution in [-0.4, -0.2) is 23.9 Å². The predicted octanol–water partition coefficient (Wildman–Crippen LogP) is 1.80. The first-order valence-corrected chi connectivity index (χ1v) is 8.35. The number of rotatable bonds is 4. The van der Waals surface area contributed by atoms with Crippen molar-refractivity contribution in [1.82, 2.24) is 10.9 Å². The third kappa shape index (κ3) is 4.24. The van der Waals surface area contributed by atoms with Gasteiger partial charge in [0.25, 0.3) is 11.8 Å². The molecule has 0 unspecified atom stereocenters. The lowest BCUT2D eigenvalue weighted by molar-refractivity contribution is -0.129. The Balaban J connectivity index is 1.62. The van der Waals surface area contributed by atoms with Gasteiger partial charge in [0.15, 0.2) is 6.10 Å². The van der Waals surface area contributed by atoms with E-state index in [-0.39, 0.29) is 5.56 Å². The zero-order chi connectivity index (χ0) is 20.1. The maximum atomic E-state index is 12.2. The number of carbonyl (C=O) groups is 3. The van der Waals surface area contributed by atoms with Crippen LogP contribution in [0.2, 0.25) is 0 Å². The zero-order valence-electron chi connectivity index (χ0n) is 14.8. The average molecular weight is 380 g/mol. The molecule has 0 radical (unpaired) electrons. The molecule has 0 spiro atoms. The molecule has 0 saturated heterocycles. The van der Waals surface area contributed by atoms with Gasteiger partial charge in [-0.15, -0.1) is 0 Å². The molecule has 8 nitrogen and oxygen atoms in total. The highest BCUT2D eigenvalue weighted by Gasteiger charge is 2.22. The maximum Gasteiger partial charge on any atom is 0.351 e. The molecular weight excluding hydrogens is 364 g/mol. The van der Waals surface area contributed by atoms with E-state index in [2.05, 4.69) is 10.9 Å². The summed E-state index contributed by atoms with van der Waals surface area (Å²) in [6.45, 7) is 1.31. The molecule has 0 saturated carbocycles. The van der Waals surface area contributed by atoms with Crippen molar-refractivity contribution < 1.29 is 23.5 Å². The van der Waals surface area contributed by atoms with Gasteiger partial charge in [-0.25, -0.2) is 9.59 Å². The Kier molecular flexibility index (Phi) is 5.50. The average Bonchev–Trinajstić information content (AvgIpc) is 2.71. The molecule has 1 atom stereocenters. The third-order valence-electron chi connectivity index (χ3n) is 3.85. The number of ether oxygens (including phenoxy) is 1. The van der Waals surface area contributed by atoms with Gasteiger partial charge in [-0.2, -0.15) is 0 Å². The molecule has 1 aromatic heterocycles. The van der Waals surface area contributed by atoms with Gasteiger partial charge in [0.2, 0.25) is 0 Å². The van der Waals surface area contributed by atoms with Crippen molar-refractivity contribution in [3.63, 3.8) is 0 Å². The molecule has 2 N–H and O–H groups in total. The molecule has 0 bridgehead atoms. The van der Waals surface area contributed by atoms with E-state index in [0.717, 1.165) is 0 Å². The van der Waals surface area contributed by atoms with Crippen molar-refractivity contribution in [2.24, 2.45) is 0 Å². The largest absolute Gasteiger partial charge is 0.449 e. The predicted molar refractivity (Wildman–Crippen MR) is 99.4 cm³/mol. The fourth-order valence-corrected chi connectivity index (χ4v) is 2.36. The normalized spacial score (nSPS) is 11.5. The van der Waals surface area contributed by atoms with E-state index in [1.165, 1.54) is 13.0 Å². The fourth-order valence-electron chi connectivity index (χ4n) is 2.36. The second-order valence-electron chi connectivity index (χ2n) is 5.84. The summed E-state index contributed by atoms with van der Waals surface area (Å²) in [5.41, 5.74) is 3.87. The van der Waals surface area contributed by atoms with E-state index < -0.39 is 29.5 Å². The van der Waals surface area contributed by atoms with Crippen molar-refractivity contribution >= 4 is 28.8 Å². The summed E-state index contributed by atoms with van der Waals surface area (Å²) in [5.74, 6) is -2.29. The highest BCUT2D eigenvalue weighted by molar-refractivity contribution is 5.97. The summed E-state index contributed by atoms with van der Waals surface area (Å²) in [6.07, 6.45) is -1.26. The Hall–Kier alpha value is -3.94. The number of hydrogen-bond acceptors (Lipinski definition) is 6. The van der Waals surface area contributed by atoms with E-state index in [1.807, 2.05) is 0 Å². The molecule has 3 rings (SSSR count). The Morgan fingerprint density at radius 2 is 1.64 bits per heavy atom. The first kappa shape index (κ1) is 18.8. The molecule has 0 aliphatic carbocycles. The first-order valence-electron chi connectivity index (χ1n) is 8.35. The number of amides is 2. The van der Waals surface area contributed by atoms with E-state index >= 15 is 0 Å². The maximum absolute atomic E-state index is 12.2. The van der Waals surface area contributed by atoms with Crippen molar-refractivity contribution in [2.45, 2.75) is 13.0 Å². The van der Waals surface area contributed by atoms with Gasteiger partial charge < -0.3 is 9.15 Å². The van der Waals surface area contributed by atoms with Crippen molar-refractivity contribution in [3.05, 3.63) is 82.2 Å². The Morgan fingerprint density at radius 3 is 2.39 bits per heavy atom. The second kappa shape index (κ2) is 8.17. The van der Waals surface area contributed by atoms with Crippen LogP contribution in [0.15, 0.2) is 69.9 Å². The second-order valence-corrected chi connectivity index (χ2v) is 5.84. The van der Waals surface area contributed by atoms with E-state index in [9.17, 15) is 19.2 Å². The lowest BCUT2D eigenvalue weighted by atomic mass is 10.2. The SMILES string of the molecule is C[C@H](OC(=O)c1cc2ccccc2oc1=O)C(=O)NNC(=O)c1ccccc1. The summed E-state index contributed by atoms with van der Waals surface area (Å²) >= 11 is 0. The van der Waals surface area contributed by atoms with Crippen LogP contribution in [0.4, 0.5) is 0 Å². The fraction of sp³-hybridized carbons (Fsp3) is 0.100. The van der Waals surface area contributed by atoms with Crippen molar-refractivity contribution in [1.29, 1.82) is 0 Å². The van der Waals surface area contributed by atoms with Gasteiger partial charge in [-0.05, 0) is 31.2 Å². The molecule has 28 heavy (non-hydrogen) atoms. The lowest BCUT2D eigenvalue weighted by Crippen LogP contribution is -2.46. The van der Waals surface area contributed by atoms with Crippen LogP contribution in [-0.2, 0) is 9.53 Å². The van der Waals surface area contributed by atoms with Gasteiger partial charge in [0, 0.05) is 10.9 Å². The van der Waals surface area contributed by atoms with Crippen LogP contribution in [0.3, 0.4) is 0 Å². The molecular formula is C20H16N2O6. The minimum atomic E-state index is -1.26. The number of fused-ring (bicyclic) bond motifs is 1. The minimum Gasteiger partial charge on any atom is -0.449 e. The van der Waals surface area contributed by atoms with E-state index in [0.29, 0.717) is 16.5 Å². The third-order valence-corrected chi connectivity index (χ3v) is 3.85. The zero-order valence-corrected chi connectivity index (χ0v) is 14.8.